The summed E-state index contributed by atoms with van der Waals surface area (Å²) in [5.41, 5.74) is 0. The van der Waals surface area contributed by atoms with E-state index in [-0.39, 0.29) is 5.91 Å². The van der Waals surface area contributed by atoms with Crippen molar-refractivity contribution in [3.05, 3.63) is 15.5 Å². The molecule has 1 aliphatic heterocycles. The van der Waals surface area contributed by atoms with Crippen molar-refractivity contribution in [3.63, 3.8) is 0 Å². The van der Waals surface area contributed by atoms with Crippen molar-refractivity contribution in [2.75, 3.05) is 6.54 Å². The second-order valence-electron chi connectivity index (χ2n) is 4.87. The van der Waals surface area contributed by atoms with E-state index in [1.807, 2.05) is 6.92 Å². The van der Waals surface area contributed by atoms with Crippen molar-refractivity contribution in [1.82, 2.24) is 9.88 Å². The van der Waals surface area contributed by atoms with Gasteiger partial charge in [0.25, 0.3) is 0 Å². The van der Waals surface area contributed by atoms with Gasteiger partial charge in [-0.15, -0.1) is 11.3 Å². The molecule has 0 aromatic carbocycles. The normalized spacial score (nSPS) is 23.7. The van der Waals surface area contributed by atoms with Gasteiger partial charge in [0.1, 0.15) is 9.34 Å². The maximum atomic E-state index is 12.2. The first-order valence-corrected chi connectivity index (χ1v) is 7.87. The second kappa shape index (κ2) is 6.54. The van der Waals surface area contributed by atoms with E-state index in [4.69, 9.17) is 11.6 Å². The van der Waals surface area contributed by atoms with Crippen LogP contribution in [-0.2, 0) is 9.59 Å². The molecule has 2 heterocycles. The van der Waals surface area contributed by atoms with Gasteiger partial charge in [0.15, 0.2) is 0 Å². The first-order chi connectivity index (χ1) is 9.54. The minimum atomic E-state index is -0.878. The first kappa shape index (κ1) is 15.3. The third kappa shape index (κ3) is 3.12. The zero-order valence-electron chi connectivity index (χ0n) is 11.2. The van der Waals surface area contributed by atoms with Crippen molar-refractivity contribution >= 4 is 34.8 Å². The molecule has 1 saturated heterocycles. The standard InChI is InChI=1S/C13H17ClN2O3S/c1-2-6-16-10(17)5-3-4-8(13(18)19)11(16)12-15-7-9(14)20-12/h7-8,11H,2-6H2,1H3,(H,18,19). The highest BCUT2D eigenvalue weighted by Crippen LogP contribution is 2.38. The summed E-state index contributed by atoms with van der Waals surface area (Å²) >= 11 is 7.17. The quantitative estimate of drug-likeness (QED) is 0.927. The number of hydrogen-bond donors (Lipinski definition) is 1. The Labute approximate surface area is 126 Å². The van der Waals surface area contributed by atoms with Gasteiger partial charge in [0, 0.05) is 13.0 Å². The number of halogens is 1. The van der Waals surface area contributed by atoms with Crippen molar-refractivity contribution in [1.29, 1.82) is 0 Å². The molecular weight excluding hydrogens is 300 g/mol. The Morgan fingerprint density at radius 3 is 2.95 bits per heavy atom. The lowest BCUT2D eigenvalue weighted by Crippen LogP contribution is -2.39. The Morgan fingerprint density at radius 2 is 2.40 bits per heavy atom. The third-order valence-corrected chi connectivity index (χ3v) is 4.66. The number of aliphatic carboxylic acids is 1. The van der Waals surface area contributed by atoms with Crippen molar-refractivity contribution in [3.8, 4) is 0 Å². The molecule has 0 aliphatic carbocycles. The summed E-state index contributed by atoms with van der Waals surface area (Å²) in [6, 6.07) is -0.500. The van der Waals surface area contributed by atoms with Gasteiger partial charge in [-0.1, -0.05) is 18.5 Å². The lowest BCUT2D eigenvalue weighted by Gasteiger charge is -2.31. The number of carboxylic acid groups (broad SMARTS) is 1. The fraction of sp³-hybridized carbons (Fsp3) is 0.615. The van der Waals surface area contributed by atoms with Gasteiger partial charge in [0.05, 0.1) is 18.2 Å². The Hall–Kier alpha value is -1.14. The number of aromatic nitrogens is 1. The number of carbonyl (C=O) groups is 2. The van der Waals surface area contributed by atoms with Gasteiger partial charge in [-0.05, 0) is 19.3 Å². The van der Waals surface area contributed by atoms with Crippen molar-refractivity contribution in [2.45, 2.75) is 38.6 Å². The average Bonchev–Trinajstić information content (AvgIpc) is 2.74. The van der Waals surface area contributed by atoms with Crippen LogP contribution in [0.15, 0.2) is 6.20 Å². The van der Waals surface area contributed by atoms with Gasteiger partial charge in [-0.2, -0.15) is 0 Å². The molecular formula is C13H17ClN2O3S. The molecule has 0 bridgehead atoms. The molecule has 1 aromatic rings. The van der Waals surface area contributed by atoms with Crippen LogP contribution in [0, 0.1) is 5.92 Å². The van der Waals surface area contributed by atoms with Crippen LogP contribution in [-0.4, -0.2) is 33.4 Å². The third-order valence-electron chi connectivity index (χ3n) is 3.47. The molecule has 1 aromatic heterocycles. The van der Waals surface area contributed by atoms with Crippen LogP contribution in [0.5, 0.6) is 0 Å². The molecule has 0 saturated carbocycles. The minimum Gasteiger partial charge on any atom is -0.481 e. The topological polar surface area (TPSA) is 70.5 Å². The van der Waals surface area contributed by atoms with Gasteiger partial charge >= 0.3 is 5.97 Å². The largest absolute Gasteiger partial charge is 0.481 e. The fourth-order valence-corrected chi connectivity index (χ4v) is 3.73. The molecule has 1 N–H and O–H groups in total. The maximum Gasteiger partial charge on any atom is 0.309 e. The van der Waals surface area contributed by atoms with Gasteiger partial charge in [-0.3, -0.25) is 9.59 Å². The Balaban J connectivity index is 2.42. The number of likely N-dealkylation sites (tertiary alicyclic amines) is 1. The average molecular weight is 317 g/mol. The first-order valence-electron chi connectivity index (χ1n) is 6.68. The molecule has 110 valence electrons. The van der Waals surface area contributed by atoms with Gasteiger partial charge in [-0.25, -0.2) is 4.98 Å². The van der Waals surface area contributed by atoms with Crippen molar-refractivity contribution in [2.24, 2.45) is 5.92 Å². The number of thiazole rings is 1. The number of carboxylic acids is 1. The van der Waals surface area contributed by atoms with E-state index in [0.29, 0.717) is 35.2 Å². The maximum absolute atomic E-state index is 12.2. The van der Waals surface area contributed by atoms with E-state index in [1.54, 1.807) is 4.90 Å². The molecule has 7 heteroatoms. The number of hydrogen-bond acceptors (Lipinski definition) is 4. The van der Waals surface area contributed by atoms with E-state index in [2.05, 4.69) is 4.98 Å². The zero-order valence-corrected chi connectivity index (χ0v) is 12.8. The highest BCUT2D eigenvalue weighted by molar-refractivity contribution is 7.15. The molecule has 2 rings (SSSR count). The van der Waals surface area contributed by atoms with E-state index >= 15 is 0 Å². The van der Waals surface area contributed by atoms with Gasteiger partial charge < -0.3 is 10.0 Å². The molecule has 1 fully saturated rings. The molecule has 20 heavy (non-hydrogen) atoms. The van der Waals surface area contributed by atoms with Crippen LogP contribution >= 0.6 is 22.9 Å². The number of rotatable bonds is 4. The summed E-state index contributed by atoms with van der Waals surface area (Å²) in [4.78, 5) is 29.7. The predicted octanol–water partition coefficient (Wildman–Crippen LogP) is 2.96. The van der Waals surface area contributed by atoms with Crippen LogP contribution < -0.4 is 0 Å². The highest BCUT2D eigenvalue weighted by Gasteiger charge is 2.39. The number of carbonyl (C=O) groups excluding carboxylic acids is 1. The lowest BCUT2D eigenvalue weighted by molar-refractivity contribution is -0.146. The van der Waals surface area contributed by atoms with Crippen LogP contribution in [0.1, 0.15) is 43.7 Å². The predicted molar refractivity (Wildman–Crippen MR) is 76.8 cm³/mol. The Bertz CT molecular complexity index is 506. The Morgan fingerprint density at radius 1 is 1.65 bits per heavy atom. The van der Waals surface area contributed by atoms with Crippen LogP contribution in [0.3, 0.4) is 0 Å². The van der Waals surface area contributed by atoms with Crippen LogP contribution in [0.2, 0.25) is 4.34 Å². The summed E-state index contributed by atoms with van der Waals surface area (Å²) in [6.07, 6.45) is 3.79. The summed E-state index contributed by atoms with van der Waals surface area (Å²) in [6.45, 7) is 2.52. The molecule has 0 spiro atoms. The van der Waals surface area contributed by atoms with Gasteiger partial charge in [0.2, 0.25) is 5.91 Å². The summed E-state index contributed by atoms with van der Waals surface area (Å²) in [5.74, 6) is -1.49. The number of amides is 1. The summed E-state index contributed by atoms with van der Waals surface area (Å²) in [7, 11) is 0. The highest BCUT2D eigenvalue weighted by atomic mass is 35.5. The second-order valence-corrected chi connectivity index (χ2v) is 6.57. The minimum absolute atomic E-state index is 0.00641. The van der Waals surface area contributed by atoms with E-state index in [0.717, 1.165) is 6.42 Å². The molecule has 0 radical (unpaired) electrons. The number of nitrogens with zero attached hydrogens (tertiary/aromatic N) is 2. The van der Waals surface area contributed by atoms with E-state index in [1.165, 1.54) is 17.5 Å². The molecule has 2 unspecified atom stereocenters. The van der Waals surface area contributed by atoms with E-state index < -0.39 is 17.9 Å². The zero-order chi connectivity index (χ0) is 14.7. The molecule has 1 aliphatic rings. The fourth-order valence-electron chi connectivity index (χ4n) is 2.62. The van der Waals surface area contributed by atoms with Crippen molar-refractivity contribution < 1.29 is 14.7 Å². The molecule has 2 atom stereocenters. The van der Waals surface area contributed by atoms with Crippen LogP contribution in [0.25, 0.3) is 0 Å². The molecule has 1 amide bonds. The molecule has 5 nitrogen and oxygen atoms in total. The Kier molecular flexibility index (Phi) is 4.99. The summed E-state index contributed by atoms with van der Waals surface area (Å²) < 4.78 is 0.511. The monoisotopic (exact) mass is 316 g/mol. The van der Waals surface area contributed by atoms with Crippen LogP contribution in [0.4, 0.5) is 0 Å². The smallest absolute Gasteiger partial charge is 0.309 e. The van der Waals surface area contributed by atoms with E-state index in [9.17, 15) is 14.7 Å². The SMILES string of the molecule is CCCN1C(=O)CCCC(C(=O)O)C1c1ncc(Cl)s1. The summed E-state index contributed by atoms with van der Waals surface area (Å²) in [5, 5.41) is 10.1. The lowest BCUT2D eigenvalue weighted by atomic mass is 9.95.